The molecule has 8 rings (SSSR count). The molecule has 0 radical (unpaired) electrons. The smallest absolute Gasteiger partial charge is 0.0632 e. The van der Waals surface area contributed by atoms with E-state index >= 15 is 0 Å². The van der Waals surface area contributed by atoms with Crippen molar-refractivity contribution in [3.8, 4) is 22.3 Å². The standard InChI is InChI=1S/C42H32N2/c1-4-14-35(15-5-1)43(36-16-6-2-7-17-36)38-20-12-13-33(29-38)31-23-25-32(26-24-31)34-27-28-42-40(30-34)39-21-10-11-22-41(39)44(42)37-18-8-3-9-19-37/h1-21,23-30,41H,22H2. The highest BCUT2D eigenvalue weighted by Gasteiger charge is 2.35. The summed E-state index contributed by atoms with van der Waals surface area (Å²) in [5.74, 6) is 0. The molecule has 0 amide bonds. The van der Waals surface area contributed by atoms with E-state index in [4.69, 9.17) is 0 Å². The summed E-state index contributed by atoms with van der Waals surface area (Å²) >= 11 is 0. The van der Waals surface area contributed by atoms with Crippen molar-refractivity contribution in [3.63, 3.8) is 0 Å². The van der Waals surface area contributed by atoms with Gasteiger partial charge in [-0.15, -0.1) is 0 Å². The van der Waals surface area contributed by atoms with Crippen LogP contribution in [0.15, 0.2) is 176 Å². The van der Waals surface area contributed by atoms with E-state index < -0.39 is 0 Å². The number of benzene rings is 6. The second kappa shape index (κ2) is 11.2. The van der Waals surface area contributed by atoms with E-state index in [0.717, 1.165) is 23.5 Å². The van der Waals surface area contributed by atoms with Crippen LogP contribution in [0.2, 0.25) is 0 Å². The molecule has 2 aliphatic rings. The Morgan fingerprint density at radius 3 is 1.73 bits per heavy atom. The SMILES string of the molecule is C1=CCC2C(=C1)c1cc(-c3ccc(-c4cccc(N(c5ccccc5)c5ccccc5)c4)cc3)ccc1N2c1ccccc1. The van der Waals surface area contributed by atoms with E-state index in [0.29, 0.717) is 6.04 Å². The first-order chi connectivity index (χ1) is 21.8. The van der Waals surface area contributed by atoms with Crippen LogP contribution in [0.5, 0.6) is 0 Å². The number of nitrogens with zero attached hydrogens (tertiary/aromatic N) is 2. The highest BCUT2D eigenvalue weighted by Crippen LogP contribution is 2.48. The second-order valence-electron chi connectivity index (χ2n) is 11.4. The minimum Gasteiger partial charge on any atom is -0.333 e. The highest BCUT2D eigenvalue weighted by molar-refractivity contribution is 5.95. The van der Waals surface area contributed by atoms with Gasteiger partial charge in [-0.05, 0) is 94.9 Å². The minimum absolute atomic E-state index is 0.341. The fourth-order valence-corrected chi connectivity index (χ4v) is 6.64. The summed E-state index contributed by atoms with van der Waals surface area (Å²) in [6.45, 7) is 0. The van der Waals surface area contributed by atoms with Crippen LogP contribution in [0.3, 0.4) is 0 Å². The Morgan fingerprint density at radius 1 is 0.500 bits per heavy atom. The average molecular weight is 565 g/mol. The van der Waals surface area contributed by atoms with Gasteiger partial charge >= 0.3 is 0 Å². The quantitative estimate of drug-likeness (QED) is 0.198. The van der Waals surface area contributed by atoms with Crippen molar-refractivity contribution in [2.24, 2.45) is 0 Å². The lowest BCUT2D eigenvalue weighted by molar-refractivity contribution is 0.829. The third-order valence-corrected chi connectivity index (χ3v) is 8.73. The lowest BCUT2D eigenvalue weighted by Gasteiger charge is -2.28. The van der Waals surface area contributed by atoms with E-state index in [2.05, 4.69) is 186 Å². The Hall–Kier alpha value is -5.60. The van der Waals surface area contributed by atoms with Gasteiger partial charge in [0.2, 0.25) is 0 Å². The predicted octanol–water partition coefficient (Wildman–Crippen LogP) is 11.4. The van der Waals surface area contributed by atoms with Gasteiger partial charge in [0.05, 0.1) is 6.04 Å². The van der Waals surface area contributed by atoms with E-state index in [9.17, 15) is 0 Å². The van der Waals surface area contributed by atoms with E-state index in [1.807, 2.05) is 0 Å². The van der Waals surface area contributed by atoms with Crippen LogP contribution < -0.4 is 9.80 Å². The summed E-state index contributed by atoms with van der Waals surface area (Å²) in [5, 5.41) is 0. The van der Waals surface area contributed by atoms with Crippen molar-refractivity contribution in [1.82, 2.24) is 0 Å². The molecular weight excluding hydrogens is 532 g/mol. The summed E-state index contributed by atoms with van der Waals surface area (Å²) in [6, 6.07) is 57.0. The van der Waals surface area contributed by atoms with Crippen molar-refractivity contribution < 1.29 is 0 Å². The Morgan fingerprint density at radius 2 is 1.07 bits per heavy atom. The minimum atomic E-state index is 0.341. The summed E-state index contributed by atoms with van der Waals surface area (Å²) in [7, 11) is 0. The topological polar surface area (TPSA) is 6.48 Å². The third kappa shape index (κ3) is 4.71. The Labute approximate surface area is 259 Å². The summed E-state index contributed by atoms with van der Waals surface area (Å²) in [5.41, 5.74) is 13.5. The van der Waals surface area contributed by atoms with Crippen molar-refractivity contribution in [2.75, 3.05) is 9.80 Å². The zero-order chi connectivity index (χ0) is 29.3. The molecule has 1 unspecified atom stereocenters. The maximum absolute atomic E-state index is 2.50. The molecule has 44 heavy (non-hydrogen) atoms. The third-order valence-electron chi connectivity index (χ3n) is 8.73. The first kappa shape index (κ1) is 26.1. The van der Waals surface area contributed by atoms with Gasteiger partial charge in [0.15, 0.2) is 0 Å². The number of hydrogen-bond acceptors (Lipinski definition) is 2. The molecule has 0 N–H and O–H groups in total. The van der Waals surface area contributed by atoms with E-state index in [-0.39, 0.29) is 0 Å². The Bertz CT molecular complexity index is 1930. The van der Waals surface area contributed by atoms with Crippen LogP contribution in [0, 0.1) is 0 Å². The van der Waals surface area contributed by atoms with E-state index in [1.165, 1.54) is 44.8 Å². The monoisotopic (exact) mass is 564 g/mol. The van der Waals surface area contributed by atoms with Crippen molar-refractivity contribution in [2.45, 2.75) is 12.5 Å². The van der Waals surface area contributed by atoms with Crippen LogP contribution in [-0.2, 0) is 0 Å². The summed E-state index contributed by atoms with van der Waals surface area (Å²) < 4.78 is 0. The Kier molecular flexibility index (Phi) is 6.66. The summed E-state index contributed by atoms with van der Waals surface area (Å²) in [4.78, 5) is 4.81. The molecule has 0 fully saturated rings. The normalized spacial score (nSPS) is 15.0. The molecular formula is C42H32N2. The van der Waals surface area contributed by atoms with Gasteiger partial charge in [0, 0.05) is 34.0 Å². The van der Waals surface area contributed by atoms with Gasteiger partial charge in [-0.25, -0.2) is 0 Å². The van der Waals surface area contributed by atoms with Gasteiger partial charge in [-0.1, -0.05) is 115 Å². The molecule has 2 nitrogen and oxygen atoms in total. The lowest BCUT2D eigenvalue weighted by atomic mass is 9.93. The van der Waals surface area contributed by atoms with Crippen molar-refractivity contribution in [1.29, 1.82) is 0 Å². The first-order valence-corrected chi connectivity index (χ1v) is 15.3. The molecule has 1 atom stereocenters. The van der Waals surface area contributed by atoms with Crippen LogP contribution in [0.1, 0.15) is 12.0 Å². The molecule has 6 aromatic carbocycles. The number of hydrogen-bond donors (Lipinski definition) is 0. The van der Waals surface area contributed by atoms with Gasteiger partial charge in [-0.3, -0.25) is 0 Å². The molecule has 0 aromatic heterocycles. The Balaban J connectivity index is 1.12. The van der Waals surface area contributed by atoms with E-state index in [1.54, 1.807) is 0 Å². The van der Waals surface area contributed by atoms with Crippen LogP contribution in [0.4, 0.5) is 28.4 Å². The maximum atomic E-state index is 2.50. The lowest BCUT2D eigenvalue weighted by Crippen LogP contribution is -2.26. The summed E-state index contributed by atoms with van der Waals surface area (Å²) in [6.07, 6.45) is 7.80. The molecule has 2 heteroatoms. The van der Waals surface area contributed by atoms with Gasteiger partial charge < -0.3 is 9.80 Å². The highest BCUT2D eigenvalue weighted by atomic mass is 15.2. The molecule has 1 aliphatic carbocycles. The molecule has 0 spiro atoms. The zero-order valence-electron chi connectivity index (χ0n) is 24.4. The number of para-hydroxylation sites is 3. The predicted molar refractivity (Wildman–Crippen MR) is 186 cm³/mol. The molecule has 0 saturated carbocycles. The number of anilines is 5. The average Bonchev–Trinajstić information content (AvgIpc) is 3.44. The molecule has 1 aliphatic heterocycles. The van der Waals surface area contributed by atoms with Gasteiger partial charge in [0.25, 0.3) is 0 Å². The van der Waals surface area contributed by atoms with Crippen LogP contribution >= 0.6 is 0 Å². The molecule has 0 saturated heterocycles. The van der Waals surface area contributed by atoms with Crippen LogP contribution in [0.25, 0.3) is 27.8 Å². The van der Waals surface area contributed by atoms with Gasteiger partial charge in [0.1, 0.15) is 0 Å². The van der Waals surface area contributed by atoms with Crippen LogP contribution in [-0.4, -0.2) is 6.04 Å². The molecule has 6 aromatic rings. The number of allylic oxidation sites excluding steroid dienone is 2. The molecule has 1 heterocycles. The fourth-order valence-electron chi connectivity index (χ4n) is 6.64. The molecule has 210 valence electrons. The van der Waals surface area contributed by atoms with Gasteiger partial charge in [-0.2, -0.15) is 0 Å². The largest absolute Gasteiger partial charge is 0.333 e. The van der Waals surface area contributed by atoms with Crippen molar-refractivity contribution in [3.05, 3.63) is 182 Å². The zero-order valence-corrected chi connectivity index (χ0v) is 24.4. The second-order valence-corrected chi connectivity index (χ2v) is 11.4. The van der Waals surface area contributed by atoms with Crippen molar-refractivity contribution >= 4 is 34.0 Å². The fraction of sp³-hybridized carbons (Fsp3) is 0.0476. The number of rotatable bonds is 6. The molecule has 0 bridgehead atoms. The first-order valence-electron chi connectivity index (χ1n) is 15.3. The number of fused-ring (bicyclic) bond motifs is 3. The maximum Gasteiger partial charge on any atom is 0.0632 e.